The summed E-state index contributed by atoms with van der Waals surface area (Å²) in [5, 5.41) is 11.8. The number of piperidine rings is 1. The number of rotatable bonds is 4. The van der Waals surface area contributed by atoms with Gasteiger partial charge in [-0.1, -0.05) is 0 Å². The first kappa shape index (κ1) is 24.4. The number of halogens is 3. The molecule has 184 valence electrons. The summed E-state index contributed by atoms with van der Waals surface area (Å²) in [6.45, 7) is 1.73. The molecule has 2 fully saturated rings. The second-order valence-electron chi connectivity index (χ2n) is 8.85. The molecule has 0 saturated carbocycles. The van der Waals surface area contributed by atoms with E-state index in [0.29, 0.717) is 43.9 Å². The molecule has 2 saturated heterocycles. The highest BCUT2D eigenvalue weighted by Gasteiger charge is 2.43. The van der Waals surface area contributed by atoms with Gasteiger partial charge < -0.3 is 15.1 Å². The minimum Gasteiger partial charge on any atom is -0.370 e. The van der Waals surface area contributed by atoms with Crippen LogP contribution in [0.1, 0.15) is 34.5 Å². The maximum atomic E-state index is 13.5. The third kappa shape index (κ3) is 5.06. The Labute approximate surface area is 200 Å². The van der Waals surface area contributed by atoms with Crippen LogP contribution in [0.4, 0.5) is 18.9 Å². The Balaban J connectivity index is 1.50. The number of hydrogen-bond acceptors (Lipinski definition) is 6. The highest BCUT2D eigenvalue weighted by Crippen LogP contribution is 2.40. The Bertz CT molecular complexity index is 1130. The third-order valence-electron chi connectivity index (χ3n) is 6.98. The van der Waals surface area contributed by atoms with Gasteiger partial charge in [-0.25, -0.2) is 9.97 Å². The number of hydrogen-bond donors (Lipinski definition) is 1. The number of nitrogens with zero attached hydrogens (tertiary/aromatic N) is 5. The number of carbonyl (C=O) groups excluding carboxylic acids is 2. The van der Waals surface area contributed by atoms with Crippen molar-refractivity contribution in [3.63, 3.8) is 0 Å². The van der Waals surface area contributed by atoms with Crippen LogP contribution >= 0.6 is 0 Å². The predicted molar refractivity (Wildman–Crippen MR) is 120 cm³/mol. The number of likely N-dealkylation sites (tertiary alicyclic amines) is 1. The number of nitrogens with one attached hydrogen (secondary N) is 1. The van der Waals surface area contributed by atoms with E-state index in [1.807, 2.05) is 0 Å². The van der Waals surface area contributed by atoms with Crippen LogP contribution in [0.15, 0.2) is 36.8 Å². The molecular weight excluding hydrogens is 461 g/mol. The van der Waals surface area contributed by atoms with Gasteiger partial charge in [-0.05, 0) is 48.9 Å². The Kier molecular flexibility index (Phi) is 6.91. The molecule has 1 N–H and O–H groups in total. The zero-order valence-corrected chi connectivity index (χ0v) is 19.1. The molecule has 1 aromatic heterocycles. The molecule has 0 spiro atoms. The highest BCUT2D eigenvalue weighted by atomic mass is 19.4. The van der Waals surface area contributed by atoms with E-state index in [1.165, 1.54) is 24.7 Å². The summed E-state index contributed by atoms with van der Waals surface area (Å²) in [5.74, 6) is -0.645. The quantitative estimate of drug-likeness (QED) is 0.713. The number of amides is 2. The maximum absolute atomic E-state index is 13.5. The minimum absolute atomic E-state index is 0.0729. The molecule has 0 bridgehead atoms. The van der Waals surface area contributed by atoms with Crippen LogP contribution in [0, 0.1) is 29.1 Å². The van der Waals surface area contributed by atoms with E-state index in [1.54, 1.807) is 29.0 Å². The largest absolute Gasteiger partial charge is 0.417 e. The molecule has 8 nitrogen and oxygen atoms in total. The Morgan fingerprint density at radius 1 is 1.17 bits per heavy atom. The molecule has 1 aromatic carbocycles. The van der Waals surface area contributed by atoms with E-state index in [-0.39, 0.29) is 36.1 Å². The fourth-order valence-corrected chi connectivity index (χ4v) is 5.15. The van der Waals surface area contributed by atoms with E-state index in [9.17, 15) is 22.8 Å². The van der Waals surface area contributed by atoms with Crippen molar-refractivity contribution in [1.29, 1.82) is 5.26 Å². The van der Waals surface area contributed by atoms with Crippen LogP contribution in [0.25, 0.3) is 0 Å². The fraction of sp³-hybridized carbons (Fsp3) is 0.458. The first-order valence-corrected chi connectivity index (χ1v) is 11.4. The average Bonchev–Trinajstić information content (AvgIpc) is 3.33. The van der Waals surface area contributed by atoms with Crippen molar-refractivity contribution in [1.82, 2.24) is 20.2 Å². The molecule has 2 aliphatic rings. The van der Waals surface area contributed by atoms with Gasteiger partial charge in [0.1, 0.15) is 12.0 Å². The summed E-state index contributed by atoms with van der Waals surface area (Å²) < 4.78 is 40.4. The standard InChI is InChI=1S/C24H25F3N6O2/c1-29-22(34)19-13-33(17-3-2-16(11-28)20(10-17)24(25,26)27)12-18(19)15-5-8-32(9-6-15)23(35)21-4-7-30-14-31-21/h2-4,7,10,14-15,18-19H,5-6,8-9,12-13H2,1H3,(H,29,34)/t18-,19+/m0/s1. The fourth-order valence-electron chi connectivity index (χ4n) is 5.15. The van der Waals surface area contributed by atoms with E-state index in [2.05, 4.69) is 15.3 Å². The van der Waals surface area contributed by atoms with Crippen molar-refractivity contribution in [3.8, 4) is 6.07 Å². The maximum Gasteiger partial charge on any atom is 0.417 e. The average molecular weight is 486 g/mol. The zero-order chi connectivity index (χ0) is 25.2. The van der Waals surface area contributed by atoms with E-state index < -0.39 is 17.3 Å². The van der Waals surface area contributed by atoms with Crippen LogP contribution in [-0.4, -0.2) is 59.9 Å². The first-order chi connectivity index (χ1) is 16.7. The number of carbonyl (C=O) groups is 2. The molecular formula is C24H25F3N6O2. The number of anilines is 1. The lowest BCUT2D eigenvalue weighted by molar-refractivity contribution is -0.137. The molecule has 4 rings (SSSR count). The van der Waals surface area contributed by atoms with Gasteiger partial charge in [0.25, 0.3) is 5.91 Å². The number of benzene rings is 1. The molecule has 0 unspecified atom stereocenters. The van der Waals surface area contributed by atoms with Crippen molar-refractivity contribution >= 4 is 17.5 Å². The minimum atomic E-state index is -4.65. The summed E-state index contributed by atoms with van der Waals surface area (Å²) >= 11 is 0. The van der Waals surface area contributed by atoms with Gasteiger partial charge in [-0.2, -0.15) is 18.4 Å². The van der Waals surface area contributed by atoms with Crippen molar-refractivity contribution in [2.24, 2.45) is 17.8 Å². The van der Waals surface area contributed by atoms with Gasteiger partial charge in [0.2, 0.25) is 5.91 Å². The summed E-state index contributed by atoms with van der Waals surface area (Å²) in [7, 11) is 1.55. The van der Waals surface area contributed by atoms with E-state index >= 15 is 0 Å². The molecule has 2 aromatic rings. The molecule has 3 heterocycles. The first-order valence-electron chi connectivity index (χ1n) is 11.4. The van der Waals surface area contributed by atoms with E-state index in [4.69, 9.17) is 5.26 Å². The van der Waals surface area contributed by atoms with Crippen molar-refractivity contribution < 1.29 is 22.8 Å². The van der Waals surface area contributed by atoms with Crippen LogP contribution in [0.3, 0.4) is 0 Å². The van der Waals surface area contributed by atoms with Gasteiger partial charge in [0.05, 0.1) is 23.1 Å². The molecule has 0 radical (unpaired) electrons. The van der Waals surface area contributed by atoms with Crippen molar-refractivity contribution in [2.75, 3.05) is 38.1 Å². The van der Waals surface area contributed by atoms with Gasteiger partial charge in [-0.15, -0.1) is 0 Å². The summed E-state index contributed by atoms with van der Waals surface area (Å²) in [4.78, 5) is 36.8. The van der Waals surface area contributed by atoms with Gasteiger partial charge in [0.15, 0.2) is 0 Å². The predicted octanol–water partition coefficient (Wildman–Crippen LogP) is 2.72. The SMILES string of the molecule is CNC(=O)[C@@H]1CN(c2ccc(C#N)c(C(F)(F)F)c2)C[C@H]1C1CCN(C(=O)c2ccncn2)CC1. The monoisotopic (exact) mass is 486 g/mol. The summed E-state index contributed by atoms with van der Waals surface area (Å²) in [6.07, 6.45) is -0.437. The Hall–Kier alpha value is -3.68. The smallest absolute Gasteiger partial charge is 0.370 e. The lowest BCUT2D eigenvalue weighted by Gasteiger charge is -2.36. The van der Waals surface area contributed by atoms with Gasteiger partial charge >= 0.3 is 6.18 Å². The highest BCUT2D eigenvalue weighted by molar-refractivity contribution is 5.92. The number of alkyl halides is 3. The lowest BCUT2D eigenvalue weighted by Crippen LogP contribution is -2.43. The molecule has 2 aliphatic heterocycles. The zero-order valence-electron chi connectivity index (χ0n) is 19.1. The van der Waals surface area contributed by atoms with Crippen LogP contribution in [0.2, 0.25) is 0 Å². The topological polar surface area (TPSA) is 102 Å². The van der Waals surface area contributed by atoms with Gasteiger partial charge in [-0.3, -0.25) is 9.59 Å². The molecule has 11 heteroatoms. The van der Waals surface area contributed by atoms with Crippen LogP contribution in [-0.2, 0) is 11.0 Å². The summed E-state index contributed by atoms with van der Waals surface area (Å²) in [5.41, 5.74) is -0.742. The molecule has 2 atom stereocenters. The number of aromatic nitrogens is 2. The Morgan fingerprint density at radius 2 is 1.91 bits per heavy atom. The summed E-state index contributed by atoms with van der Waals surface area (Å²) in [6, 6.07) is 6.84. The normalized spacial score (nSPS) is 21.0. The second-order valence-corrected chi connectivity index (χ2v) is 8.85. The Morgan fingerprint density at radius 3 is 2.51 bits per heavy atom. The number of nitriles is 1. The lowest BCUT2D eigenvalue weighted by atomic mass is 9.78. The molecule has 2 amide bonds. The second kappa shape index (κ2) is 9.90. The van der Waals surface area contributed by atoms with Crippen LogP contribution < -0.4 is 10.2 Å². The van der Waals surface area contributed by atoms with Gasteiger partial charge in [0, 0.05) is 45.1 Å². The third-order valence-corrected chi connectivity index (χ3v) is 6.98. The molecule has 0 aliphatic carbocycles. The van der Waals surface area contributed by atoms with E-state index in [0.717, 1.165) is 6.07 Å². The van der Waals surface area contributed by atoms with Crippen LogP contribution in [0.5, 0.6) is 0 Å². The van der Waals surface area contributed by atoms with Crippen molar-refractivity contribution in [3.05, 3.63) is 53.6 Å². The molecule has 35 heavy (non-hydrogen) atoms. The van der Waals surface area contributed by atoms with Crippen molar-refractivity contribution in [2.45, 2.75) is 19.0 Å².